The first kappa shape index (κ1) is 18.0. The second-order valence-corrected chi connectivity index (χ2v) is 6.92. The number of nitrogens with zero attached hydrogens (tertiary/aromatic N) is 3. The first-order valence-corrected chi connectivity index (χ1v) is 8.97. The Kier molecular flexibility index (Phi) is 4.68. The number of amides is 2. The normalized spacial score (nSPS) is 14.0. The number of benzene rings is 1. The van der Waals surface area contributed by atoms with Gasteiger partial charge in [-0.05, 0) is 42.8 Å². The molecule has 0 radical (unpaired) electrons. The van der Waals surface area contributed by atoms with E-state index in [9.17, 15) is 9.18 Å². The Balaban J connectivity index is 1.42. The van der Waals surface area contributed by atoms with Crippen molar-refractivity contribution in [2.45, 2.75) is 13.3 Å². The summed E-state index contributed by atoms with van der Waals surface area (Å²) in [6.07, 6.45) is 3.86. The van der Waals surface area contributed by atoms with Crippen molar-refractivity contribution in [2.24, 2.45) is 5.92 Å². The molecular weight excluding hydrogens is 361 g/mol. The number of rotatable bonds is 4. The van der Waals surface area contributed by atoms with Crippen molar-refractivity contribution in [3.63, 3.8) is 0 Å². The molecule has 1 aliphatic heterocycles. The van der Waals surface area contributed by atoms with E-state index in [4.69, 9.17) is 10.2 Å². The van der Waals surface area contributed by atoms with Crippen LogP contribution in [-0.4, -0.2) is 34.0 Å². The van der Waals surface area contributed by atoms with E-state index in [1.54, 1.807) is 35.6 Å². The van der Waals surface area contributed by atoms with Crippen LogP contribution in [0.15, 0.2) is 47.2 Å². The van der Waals surface area contributed by atoms with Crippen LogP contribution in [0.3, 0.4) is 0 Å². The molecule has 3 N–H and O–H groups in total. The number of anilines is 2. The number of hydrogen-bond donors (Lipinski definition) is 2. The molecule has 2 amide bonds. The molecule has 0 unspecified atom stereocenters. The fourth-order valence-corrected chi connectivity index (χ4v) is 3.28. The maximum Gasteiger partial charge on any atom is 0.323 e. The number of oxazole rings is 1. The third kappa shape index (κ3) is 3.66. The van der Waals surface area contributed by atoms with Gasteiger partial charge in [-0.25, -0.2) is 19.2 Å². The lowest BCUT2D eigenvalue weighted by Crippen LogP contribution is -2.52. The molecule has 0 spiro atoms. The van der Waals surface area contributed by atoms with Gasteiger partial charge in [-0.3, -0.25) is 5.32 Å². The van der Waals surface area contributed by atoms with Crippen molar-refractivity contribution >= 4 is 17.5 Å². The van der Waals surface area contributed by atoms with Crippen molar-refractivity contribution in [3.8, 4) is 11.3 Å². The standard InChI is InChI=1S/C20H20FN5O2/c1-12-8-14(21)2-3-15(12)17-5-4-16(22)19(24-17)25-20(27)26-10-13(11-26)9-18-23-6-7-28-18/h2-8,13H,9-11,22H2,1H3,(H,24,25,27). The highest BCUT2D eigenvalue weighted by atomic mass is 19.1. The number of nitrogen functional groups attached to an aromatic ring is 1. The van der Waals surface area contributed by atoms with Crippen LogP contribution >= 0.6 is 0 Å². The molecule has 8 heteroatoms. The van der Waals surface area contributed by atoms with Gasteiger partial charge in [-0.1, -0.05) is 0 Å². The average Bonchev–Trinajstić information content (AvgIpc) is 3.13. The SMILES string of the molecule is Cc1cc(F)ccc1-c1ccc(N)c(NC(=O)N2CC(Cc3ncco3)C2)n1. The summed E-state index contributed by atoms with van der Waals surface area (Å²) in [5.74, 6) is 0.992. The van der Waals surface area contributed by atoms with E-state index in [0.717, 1.165) is 11.1 Å². The first-order chi connectivity index (χ1) is 13.5. The number of urea groups is 1. The lowest BCUT2D eigenvalue weighted by molar-refractivity contribution is 0.126. The van der Waals surface area contributed by atoms with E-state index in [-0.39, 0.29) is 11.8 Å². The summed E-state index contributed by atoms with van der Waals surface area (Å²) in [6.45, 7) is 3.04. The molecule has 0 aliphatic carbocycles. The van der Waals surface area contributed by atoms with E-state index >= 15 is 0 Å². The summed E-state index contributed by atoms with van der Waals surface area (Å²) in [4.78, 5) is 22.7. The fourth-order valence-electron chi connectivity index (χ4n) is 3.28. The summed E-state index contributed by atoms with van der Waals surface area (Å²) in [6, 6.07) is 7.67. The number of carbonyl (C=O) groups excluding carboxylic acids is 1. The number of nitrogens with one attached hydrogen (secondary N) is 1. The molecule has 1 fully saturated rings. The predicted molar refractivity (Wildman–Crippen MR) is 103 cm³/mol. The van der Waals surface area contributed by atoms with Gasteiger partial charge in [0.1, 0.15) is 12.1 Å². The summed E-state index contributed by atoms with van der Waals surface area (Å²) in [5, 5.41) is 2.77. The zero-order valence-electron chi connectivity index (χ0n) is 15.4. The van der Waals surface area contributed by atoms with Gasteiger partial charge in [0, 0.05) is 31.0 Å². The number of hydrogen-bond acceptors (Lipinski definition) is 5. The second kappa shape index (κ2) is 7.30. The fraction of sp³-hybridized carbons (Fsp3) is 0.250. The van der Waals surface area contributed by atoms with E-state index < -0.39 is 0 Å². The average molecular weight is 381 g/mol. The molecule has 1 aliphatic rings. The summed E-state index contributed by atoms with van der Waals surface area (Å²) < 4.78 is 18.6. The highest BCUT2D eigenvalue weighted by molar-refractivity contribution is 5.92. The zero-order chi connectivity index (χ0) is 19.7. The Morgan fingerprint density at radius 3 is 2.89 bits per heavy atom. The molecule has 28 heavy (non-hydrogen) atoms. The first-order valence-electron chi connectivity index (χ1n) is 8.97. The molecule has 2 aromatic heterocycles. The van der Waals surface area contributed by atoms with Gasteiger partial charge in [-0.15, -0.1) is 0 Å². The number of aromatic nitrogens is 2. The molecule has 1 aromatic carbocycles. The lowest BCUT2D eigenvalue weighted by atomic mass is 9.97. The third-order valence-corrected chi connectivity index (χ3v) is 4.81. The van der Waals surface area contributed by atoms with Crippen molar-refractivity contribution in [2.75, 3.05) is 24.1 Å². The number of nitrogens with two attached hydrogens (primary N) is 1. The number of halogens is 1. The monoisotopic (exact) mass is 381 g/mol. The minimum absolute atomic E-state index is 0.254. The highest BCUT2D eigenvalue weighted by Crippen LogP contribution is 2.27. The van der Waals surface area contributed by atoms with Crippen LogP contribution in [0.1, 0.15) is 11.5 Å². The largest absolute Gasteiger partial charge is 0.449 e. The topological polar surface area (TPSA) is 97.3 Å². The number of pyridine rings is 1. The van der Waals surface area contributed by atoms with Crippen LogP contribution in [0.4, 0.5) is 20.7 Å². The Bertz CT molecular complexity index is 1000. The van der Waals surface area contributed by atoms with Crippen molar-refractivity contribution in [1.29, 1.82) is 0 Å². The number of likely N-dealkylation sites (tertiary alicyclic amines) is 1. The van der Waals surface area contributed by atoms with Gasteiger partial charge in [0.2, 0.25) is 0 Å². The van der Waals surface area contributed by atoms with Crippen molar-refractivity contribution in [1.82, 2.24) is 14.9 Å². The molecule has 0 atom stereocenters. The molecular formula is C20H20FN5O2. The number of carbonyl (C=O) groups is 1. The summed E-state index contributed by atoms with van der Waals surface area (Å²) in [7, 11) is 0. The second-order valence-electron chi connectivity index (χ2n) is 6.92. The Morgan fingerprint density at radius 1 is 1.36 bits per heavy atom. The van der Waals surface area contributed by atoms with E-state index in [0.29, 0.717) is 48.5 Å². The maximum atomic E-state index is 13.4. The van der Waals surface area contributed by atoms with Gasteiger partial charge in [0.25, 0.3) is 0 Å². The summed E-state index contributed by atoms with van der Waals surface area (Å²) >= 11 is 0. The summed E-state index contributed by atoms with van der Waals surface area (Å²) in [5.41, 5.74) is 8.51. The van der Waals surface area contributed by atoms with Crippen LogP contribution in [0.2, 0.25) is 0 Å². The van der Waals surface area contributed by atoms with Crippen LogP contribution < -0.4 is 11.1 Å². The minimum atomic E-state index is -0.303. The molecule has 4 rings (SSSR count). The van der Waals surface area contributed by atoms with Gasteiger partial charge < -0.3 is 15.1 Å². The molecule has 3 heterocycles. The lowest BCUT2D eigenvalue weighted by Gasteiger charge is -2.38. The molecule has 0 bridgehead atoms. The highest BCUT2D eigenvalue weighted by Gasteiger charge is 2.32. The molecule has 3 aromatic rings. The van der Waals surface area contributed by atoms with E-state index in [2.05, 4.69) is 15.3 Å². The smallest absolute Gasteiger partial charge is 0.323 e. The van der Waals surface area contributed by atoms with Gasteiger partial charge >= 0.3 is 6.03 Å². The zero-order valence-corrected chi connectivity index (χ0v) is 15.4. The van der Waals surface area contributed by atoms with Crippen LogP contribution in [0.25, 0.3) is 11.3 Å². The molecule has 1 saturated heterocycles. The molecule has 7 nitrogen and oxygen atoms in total. The Morgan fingerprint density at radius 2 is 2.18 bits per heavy atom. The molecule has 144 valence electrons. The minimum Gasteiger partial charge on any atom is -0.449 e. The van der Waals surface area contributed by atoms with Crippen molar-refractivity contribution < 1.29 is 13.6 Å². The van der Waals surface area contributed by atoms with Gasteiger partial charge in [0.15, 0.2) is 11.7 Å². The Labute approximate surface area is 161 Å². The maximum absolute atomic E-state index is 13.4. The van der Waals surface area contributed by atoms with Crippen LogP contribution in [0, 0.1) is 18.7 Å². The van der Waals surface area contributed by atoms with Gasteiger partial charge in [-0.2, -0.15) is 0 Å². The molecule has 0 saturated carbocycles. The van der Waals surface area contributed by atoms with Gasteiger partial charge in [0.05, 0.1) is 17.6 Å². The number of aryl methyl sites for hydroxylation is 1. The Hall–Kier alpha value is -3.42. The third-order valence-electron chi connectivity index (χ3n) is 4.81. The van der Waals surface area contributed by atoms with Crippen molar-refractivity contribution in [3.05, 3.63) is 60.1 Å². The van der Waals surface area contributed by atoms with Crippen LogP contribution in [-0.2, 0) is 6.42 Å². The predicted octanol–water partition coefficient (Wildman–Crippen LogP) is 3.47. The quantitative estimate of drug-likeness (QED) is 0.721. The van der Waals surface area contributed by atoms with E-state index in [1.807, 2.05) is 6.92 Å². The van der Waals surface area contributed by atoms with Crippen LogP contribution in [0.5, 0.6) is 0 Å². The van der Waals surface area contributed by atoms with E-state index in [1.165, 1.54) is 12.1 Å².